The number of hydrogen-bond acceptors (Lipinski definition) is 3. The van der Waals surface area contributed by atoms with Crippen molar-refractivity contribution < 1.29 is 14.3 Å². The van der Waals surface area contributed by atoms with Crippen molar-refractivity contribution in [2.24, 2.45) is 0 Å². The fourth-order valence-electron chi connectivity index (χ4n) is 1.79. The Labute approximate surface area is 137 Å². The van der Waals surface area contributed by atoms with Crippen LogP contribution in [0.25, 0.3) is 0 Å². The fraction of sp³-hybridized carbons (Fsp3) is 0.176. The molecular weight excluding hydrogens is 346 g/mol. The average Bonchev–Trinajstić information content (AvgIpc) is 2.49. The molecule has 0 fully saturated rings. The molecule has 0 radical (unpaired) electrons. The first-order valence-corrected chi connectivity index (χ1v) is 7.59. The number of benzene rings is 2. The van der Waals surface area contributed by atoms with Gasteiger partial charge in [0.05, 0.1) is 5.56 Å². The average molecular weight is 362 g/mol. The summed E-state index contributed by atoms with van der Waals surface area (Å²) in [4.78, 5) is 24.1. The highest BCUT2D eigenvalue weighted by molar-refractivity contribution is 9.10. The molecule has 1 amide bonds. The minimum absolute atomic E-state index is 0.371. The Hall–Kier alpha value is -2.14. The van der Waals surface area contributed by atoms with E-state index < -0.39 is 12.1 Å². The van der Waals surface area contributed by atoms with Crippen molar-refractivity contribution >= 4 is 33.5 Å². The Kier molecular flexibility index (Phi) is 5.33. The van der Waals surface area contributed by atoms with Crippen LogP contribution in [-0.2, 0) is 9.53 Å². The molecule has 0 bridgehead atoms. The van der Waals surface area contributed by atoms with E-state index >= 15 is 0 Å². The third-order valence-corrected chi connectivity index (χ3v) is 3.76. The summed E-state index contributed by atoms with van der Waals surface area (Å²) in [6.07, 6.45) is -0.888. The summed E-state index contributed by atoms with van der Waals surface area (Å²) in [6.45, 7) is 3.51. The Morgan fingerprint density at radius 1 is 1.09 bits per heavy atom. The molecule has 114 valence electrons. The third-order valence-electron chi connectivity index (χ3n) is 3.07. The molecule has 1 unspecified atom stereocenters. The monoisotopic (exact) mass is 361 g/mol. The number of aryl methyl sites for hydroxylation is 1. The molecule has 22 heavy (non-hydrogen) atoms. The topological polar surface area (TPSA) is 55.4 Å². The van der Waals surface area contributed by atoms with Gasteiger partial charge in [-0.25, -0.2) is 4.79 Å². The standard InChI is InChI=1S/C17H16BrNO3/c1-11-7-9-13(10-8-11)19-16(20)12(2)22-17(21)14-5-3-4-6-15(14)18/h3-10,12H,1-2H3,(H,19,20). The van der Waals surface area contributed by atoms with Gasteiger partial charge in [0, 0.05) is 10.2 Å². The molecule has 0 aliphatic rings. The van der Waals surface area contributed by atoms with Crippen molar-refractivity contribution in [3.05, 3.63) is 64.1 Å². The Morgan fingerprint density at radius 2 is 1.73 bits per heavy atom. The lowest BCUT2D eigenvalue weighted by molar-refractivity contribution is -0.123. The number of esters is 1. The van der Waals surface area contributed by atoms with Crippen LogP contribution in [0.1, 0.15) is 22.8 Å². The maximum atomic E-state index is 12.0. The van der Waals surface area contributed by atoms with E-state index in [2.05, 4.69) is 21.2 Å². The molecule has 1 atom stereocenters. The molecule has 5 heteroatoms. The minimum Gasteiger partial charge on any atom is -0.449 e. The lowest BCUT2D eigenvalue weighted by Crippen LogP contribution is -2.30. The molecule has 0 heterocycles. The van der Waals surface area contributed by atoms with Crippen molar-refractivity contribution in [1.82, 2.24) is 0 Å². The number of nitrogens with one attached hydrogen (secondary N) is 1. The molecule has 2 rings (SSSR count). The third kappa shape index (κ3) is 4.18. The van der Waals surface area contributed by atoms with E-state index in [1.165, 1.54) is 6.92 Å². The number of ether oxygens (including phenoxy) is 1. The number of amides is 1. The smallest absolute Gasteiger partial charge is 0.340 e. The fourth-order valence-corrected chi connectivity index (χ4v) is 2.23. The normalized spacial score (nSPS) is 11.6. The van der Waals surface area contributed by atoms with Crippen LogP contribution in [-0.4, -0.2) is 18.0 Å². The largest absolute Gasteiger partial charge is 0.449 e. The van der Waals surface area contributed by atoms with Crippen LogP contribution in [0.4, 0.5) is 5.69 Å². The highest BCUT2D eigenvalue weighted by atomic mass is 79.9. The highest BCUT2D eigenvalue weighted by Crippen LogP contribution is 2.18. The van der Waals surface area contributed by atoms with Crippen LogP contribution in [0, 0.1) is 6.92 Å². The first kappa shape index (κ1) is 16.2. The van der Waals surface area contributed by atoms with Crippen molar-refractivity contribution in [3.8, 4) is 0 Å². The minimum atomic E-state index is -0.888. The molecule has 0 saturated heterocycles. The second-order valence-corrected chi connectivity index (χ2v) is 5.74. The zero-order chi connectivity index (χ0) is 16.1. The van der Waals surface area contributed by atoms with E-state index in [0.29, 0.717) is 15.7 Å². The van der Waals surface area contributed by atoms with Gasteiger partial charge in [0.25, 0.3) is 5.91 Å². The van der Waals surface area contributed by atoms with Crippen LogP contribution in [0.15, 0.2) is 53.0 Å². The number of rotatable bonds is 4. The molecule has 4 nitrogen and oxygen atoms in total. The Morgan fingerprint density at radius 3 is 2.36 bits per heavy atom. The van der Waals surface area contributed by atoms with Gasteiger partial charge in [0.2, 0.25) is 0 Å². The van der Waals surface area contributed by atoms with E-state index in [4.69, 9.17) is 4.74 Å². The molecule has 0 saturated carbocycles. The van der Waals surface area contributed by atoms with Gasteiger partial charge in [-0.05, 0) is 54.0 Å². The predicted octanol–water partition coefficient (Wildman–Crippen LogP) is 3.94. The maximum Gasteiger partial charge on any atom is 0.340 e. The number of anilines is 1. The zero-order valence-electron chi connectivity index (χ0n) is 12.3. The summed E-state index contributed by atoms with van der Waals surface area (Å²) in [5, 5.41) is 2.71. The van der Waals surface area contributed by atoms with E-state index in [9.17, 15) is 9.59 Å². The van der Waals surface area contributed by atoms with Gasteiger partial charge in [-0.2, -0.15) is 0 Å². The van der Waals surface area contributed by atoms with Crippen LogP contribution in [0.5, 0.6) is 0 Å². The number of hydrogen-bond donors (Lipinski definition) is 1. The highest BCUT2D eigenvalue weighted by Gasteiger charge is 2.20. The first-order chi connectivity index (χ1) is 10.5. The lowest BCUT2D eigenvalue weighted by Gasteiger charge is -2.14. The molecule has 2 aromatic rings. The number of carbonyl (C=O) groups is 2. The van der Waals surface area contributed by atoms with Crippen LogP contribution < -0.4 is 5.32 Å². The van der Waals surface area contributed by atoms with E-state index in [0.717, 1.165) is 5.56 Å². The van der Waals surface area contributed by atoms with Crippen molar-refractivity contribution in [2.45, 2.75) is 20.0 Å². The van der Waals surface area contributed by atoms with E-state index in [1.807, 2.05) is 19.1 Å². The van der Waals surface area contributed by atoms with Gasteiger partial charge in [0.1, 0.15) is 0 Å². The molecule has 1 N–H and O–H groups in total. The Bertz CT molecular complexity index is 683. The summed E-state index contributed by atoms with van der Waals surface area (Å²) in [5.74, 6) is -0.914. The lowest BCUT2D eigenvalue weighted by atomic mass is 10.2. The molecule has 2 aromatic carbocycles. The van der Waals surface area contributed by atoms with Crippen LogP contribution in [0.2, 0.25) is 0 Å². The van der Waals surface area contributed by atoms with Crippen LogP contribution >= 0.6 is 15.9 Å². The molecule has 0 aliphatic carbocycles. The Balaban J connectivity index is 1.98. The molecule has 0 spiro atoms. The summed E-state index contributed by atoms with van der Waals surface area (Å²) < 4.78 is 5.82. The summed E-state index contributed by atoms with van der Waals surface area (Å²) in [5.41, 5.74) is 2.16. The molecule has 0 aliphatic heterocycles. The van der Waals surface area contributed by atoms with Crippen molar-refractivity contribution in [1.29, 1.82) is 0 Å². The second-order valence-electron chi connectivity index (χ2n) is 4.88. The summed E-state index contributed by atoms with van der Waals surface area (Å²) >= 11 is 3.28. The number of carbonyl (C=O) groups excluding carboxylic acids is 2. The van der Waals surface area contributed by atoms with Crippen molar-refractivity contribution in [3.63, 3.8) is 0 Å². The number of halogens is 1. The SMILES string of the molecule is Cc1ccc(NC(=O)C(C)OC(=O)c2ccccc2Br)cc1. The predicted molar refractivity (Wildman–Crippen MR) is 88.8 cm³/mol. The molecule has 0 aromatic heterocycles. The first-order valence-electron chi connectivity index (χ1n) is 6.80. The van der Waals surface area contributed by atoms with E-state index in [1.54, 1.807) is 36.4 Å². The van der Waals surface area contributed by atoms with Gasteiger partial charge in [-0.15, -0.1) is 0 Å². The van der Waals surface area contributed by atoms with Gasteiger partial charge in [-0.1, -0.05) is 29.8 Å². The zero-order valence-corrected chi connectivity index (χ0v) is 13.9. The van der Waals surface area contributed by atoms with Gasteiger partial charge < -0.3 is 10.1 Å². The second kappa shape index (κ2) is 7.22. The molecular formula is C17H16BrNO3. The van der Waals surface area contributed by atoms with E-state index in [-0.39, 0.29) is 5.91 Å². The van der Waals surface area contributed by atoms with Gasteiger partial charge in [-0.3, -0.25) is 4.79 Å². The quantitative estimate of drug-likeness (QED) is 0.839. The van der Waals surface area contributed by atoms with Crippen molar-refractivity contribution in [2.75, 3.05) is 5.32 Å². The van der Waals surface area contributed by atoms with Gasteiger partial charge in [0.15, 0.2) is 6.10 Å². The van der Waals surface area contributed by atoms with Gasteiger partial charge >= 0.3 is 5.97 Å². The summed E-state index contributed by atoms with van der Waals surface area (Å²) in [6, 6.07) is 14.3. The summed E-state index contributed by atoms with van der Waals surface area (Å²) in [7, 11) is 0. The van der Waals surface area contributed by atoms with Crippen LogP contribution in [0.3, 0.4) is 0 Å². The maximum absolute atomic E-state index is 12.0.